The second-order valence-corrected chi connectivity index (χ2v) is 56.0. The molecule has 0 aliphatic rings. The van der Waals surface area contributed by atoms with E-state index in [4.69, 9.17) is 41.2 Å². The monoisotopic (exact) mass is 813 g/mol. The zero-order valence-corrected chi connectivity index (χ0v) is 43.6. The van der Waals surface area contributed by atoms with Gasteiger partial charge in [0.25, 0.3) is 0 Å². The summed E-state index contributed by atoms with van der Waals surface area (Å²) in [7, 11) is -25.5. The van der Waals surface area contributed by atoms with Gasteiger partial charge in [-0.1, -0.05) is 0 Å². The summed E-state index contributed by atoms with van der Waals surface area (Å²) in [6.07, 6.45) is 0. The Hall–Kier alpha value is 1.99. The van der Waals surface area contributed by atoms with Crippen molar-refractivity contribution < 1.29 is 41.2 Å². The van der Waals surface area contributed by atoms with Gasteiger partial charge in [0.1, 0.15) is 0 Å². The molecule has 0 atom stereocenters. The van der Waals surface area contributed by atoms with Gasteiger partial charge in [-0.3, -0.25) is 0 Å². The molecule has 0 aromatic carbocycles. The lowest BCUT2D eigenvalue weighted by Crippen LogP contribution is -2.62. The molecule has 0 heterocycles. The van der Waals surface area contributed by atoms with E-state index in [0.29, 0.717) is 0 Å². The molecule has 1 radical (unpaired) electrons. The average molecular weight is 815 g/mol. The van der Waals surface area contributed by atoms with Crippen molar-refractivity contribution in [2.24, 2.45) is 0 Å². The Morgan fingerprint density at radius 1 is 0.250 bits per heavy atom. The Bertz CT molecular complexity index is 921. The molecule has 44 heavy (non-hydrogen) atoms. The lowest BCUT2D eigenvalue weighted by atomic mass is 11.8. The maximum atomic E-state index is 6.75. The Labute approximate surface area is 284 Å². The van der Waals surface area contributed by atoms with E-state index in [1.807, 2.05) is 0 Å². The van der Waals surface area contributed by atoms with Gasteiger partial charge < -0.3 is 41.2 Å². The van der Waals surface area contributed by atoms with Crippen molar-refractivity contribution in [3.05, 3.63) is 0 Å². The van der Waals surface area contributed by atoms with Gasteiger partial charge >= 0.3 is 77.0 Å². The van der Waals surface area contributed by atoms with Gasteiger partial charge in [-0.05, 0) is 151 Å². The van der Waals surface area contributed by atoms with Gasteiger partial charge in [0.15, 0.2) is 17.4 Å². The molecule has 21 heteroatoms. The van der Waals surface area contributed by atoms with E-state index >= 15 is 0 Å². The smallest absolute Gasteiger partial charge is 0.314 e. The van der Waals surface area contributed by atoms with Crippen molar-refractivity contribution in [1.29, 1.82) is 0 Å². The molecule has 0 fully saturated rings. The summed E-state index contributed by atoms with van der Waals surface area (Å²) >= 11 is 0. The van der Waals surface area contributed by atoms with Crippen LogP contribution in [0.25, 0.3) is 0 Å². The average Bonchev–Trinajstić information content (AvgIpc) is 2.46. The highest BCUT2D eigenvalue weighted by atomic mass is 28.5. The predicted molar refractivity (Wildman–Crippen MR) is 209 cm³/mol. The molecule has 0 saturated carbocycles. The molecule has 0 rings (SSSR count). The molecule has 0 aliphatic heterocycles. The molecule has 0 aliphatic carbocycles. The fraction of sp³-hybridized carbons (Fsp3) is 1.00. The number of hydrogen-bond donors (Lipinski definition) is 0. The van der Waals surface area contributed by atoms with E-state index in [9.17, 15) is 0 Å². The van der Waals surface area contributed by atoms with Gasteiger partial charge in [-0.15, -0.1) is 0 Å². The first-order valence-electron chi connectivity index (χ1n) is 15.6. The van der Waals surface area contributed by atoms with Crippen LogP contribution < -0.4 is 0 Å². The first-order chi connectivity index (χ1) is 18.8. The fourth-order valence-electron chi connectivity index (χ4n) is 6.15. The van der Waals surface area contributed by atoms with Crippen LogP contribution in [0.2, 0.25) is 151 Å². The number of hydrogen-bond acceptors (Lipinski definition) is 10. The van der Waals surface area contributed by atoms with Crippen LogP contribution in [-0.2, 0) is 41.2 Å². The standard InChI is InChI=1S/C23H69O10Si11/c1-34(2)24-36(6,7)26-38(10,11)28-40(14,15)30-42(18,19)32-44(22,23)33-43(20,21)31-41(16,17)29-39(12,13)27-37(8,9)25-35(3,4)5/h1-23H3. The molecule has 0 aromatic heterocycles. The summed E-state index contributed by atoms with van der Waals surface area (Å²) in [6, 6.07) is 0. The first-order valence-corrected chi connectivity index (χ1v) is 46.7. The topological polar surface area (TPSA) is 92.3 Å². The highest BCUT2D eigenvalue weighted by molar-refractivity contribution is 6.93. The summed E-state index contributed by atoms with van der Waals surface area (Å²) in [5.41, 5.74) is 0. The van der Waals surface area contributed by atoms with Crippen LogP contribution in [0.5, 0.6) is 0 Å². The lowest BCUT2D eigenvalue weighted by Gasteiger charge is -2.44. The van der Waals surface area contributed by atoms with Crippen molar-refractivity contribution in [3.63, 3.8) is 0 Å². The summed E-state index contributed by atoms with van der Waals surface area (Å²) in [6.45, 7) is 48.3. The summed E-state index contributed by atoms with van der Waals surface area (Å²) < 4.78 is 66.0. The van der Waals surface area contributed by atoms with Crippen LogP contribution in [0.3, 0.4) is 0 Å². The Balaban J connectivity index is 5.47. The minimum Gasteiger partial charge on any atom is -0.437 e. The Kier molecular flexibility index (Phi) is 16.2. The molecular weight excluding hydrogens is 745 g/mol. The van der Waals surface area contributed by atoms with E-state index < -0.39 is 94.4 Å². The van der Waals surface area contributed by atoms with Gasteiger partial charge in [-0.2, -0.15) is 0 Å². The lowest BCUT2D eigenvalue weighted by molar-refractivity contribution is 0.255. The third-order valence-corrected chi connectivity index (χ3v) is 44.4. The third kappa shape index (κ3) is 21.9. The van der Waals surface area contributed by atoms with Crippen LogP contribution in [0, 0.1) is 0 Å². The van der Waals surface area contributed by atoms with E-state index in [0.717, 1.165) is 0 Å². The zero-order chi connectivity index (χ0) is 35.6. The Morgan fingerprint density at radius 3 is 0.568 bits per heavy atom. The van der Waals surface area contributed by atoms with Crippen molar-refractivity contribution in [2.45, 2.75) is 151 Å². The van der Waals surface area contributed by atoms with Crippen molar-refractivity contribution in [2.75, 3.05) is 0 Å². The second-order valence-electron chi connectivity index (χ2n) is 16.6. The van der Waals surface area contributed by atoms with E-state index in [1.54, 1.807) is 0 Å². The third-order valence-electron chi connectivity index (χ3n) is 4.93. The van der Waals surface area contributed by atoms with Gasteiger partial charge in [0.05, 0.1) is 0 Å². The van der Waals surface area contributed by atoms with Crippen LogP contribution in [0.1, 0.15) is 0 Å². The molecule has 0 saturated heterocycles. The summed E-state index contributed by atoms with van der Waals surface area (Å²) in [4.78, 5) is 0. The van der Waals surface area contributed by atoms with Crippen LogP contribution in [0.4, 0.5) is 0 Å². The molecule has 0 bridgehead atoms. The van der Waals surface area contributed by atoms with E-state index in [-0.39, 0.29) is 0 Å². The summed E-state index contributed by atoms with van der Waals surface area (Å²) in [5.74, 6) is 0. The molecule has 265 valence electrons. The van der Waals surface area contributed by atoms with Gasteiger partial charge in [0.2, 0.25) is 0 Å². The minimum absolute atomic E-state index is 0.861. The van der Waals surface area contributed by atoms with E-state index in [1.165, 1.54) is 0 Å². The van der Waals surface area contributed by atoms with Crippen molar-refractivity contribution in [3.8, 4) is 0 Å². The first kappa shape index (κ1) is 46.0. The van der Waals surface area contributed by atoms with Gasteiger partial charge in [0, 0.05) is 0 Å². The molecule has 0 N–H and O–H groups in total. The maximum Gasteiger partial charge on any atom is 0.314 e. The minimum atomic E-state index is -2.66. The van der Waals surface area contributed by atoms with Crippen molar-refractivity contribution in [1.82, 2.24) is 0 Å². The van der Waals surface area contributed by atoms with E-state index in [2.05, 4.69) is 151 Å². The number of rotatable bonds is 20. The van der Waals surface area contributed by atoms with Gasteiger partial charge in [-0.25, -0.2) is 0 Å². The highest BCUT2D eigenvalue weighted by Gasteiger charge is 2.50. The fourth-order valence-corrected chi connectivity index (χ4v) is 58.7. The molecule has 0 aromatic rings. The zero-order valence-electron chi connectivity index (χ0n) is 32.6. The van der Waals surface area contributed by atoms with Crippen molar-refractivity contribution >= 4 is 94.4 Å². The molecule has 0 unspecified atom stereocenters. The quantitative estimate of drug-likeness (QED) is 0.111. The second kappa shape index (κ2) is 15.5. The molecular formula is C23H69O10Si11. The van der Waals surface area contributed by atoms with Crippen LogP contribution in [0.15, 0.2) is 0 Å². The van der Waals surface area contributed by atoms with Crippen LogP contribution >= 0.6 is 0 Å². The maximum absolute atomic E-state index is 6.75. The Morgan fingerprint density at radius 2 is 0.409 bits per heavy atom. The van der Waals surface area contributed by atoms with Crippen LogP contribution in [-0.4, -0.2) is 94.4 Å². The molecule has 0 amide bonds. The SMILES string of the molecule is C[Si](C)O[Si](C)(C)O[Si](C)(C)O[Si](C)(C)O[Si](C)(C)O[Si](C)(C)O[Si](C)(C)O[Si](C)(C)O[Si](C)(C)O[Si](C)(C)O[Si](C)(C)C. The predicted octanol–water partition coefficient (Wildman–Crippen LogP) is 8.55. The normalized spacial score (nSPS) is 15.8. The molecule has 10 nitrogen and oxygen atoms in total. The summed E-state index contributed by atoms with van der Waals surface area (Å²) in [5, 5.41) is 0. The largest absolute Gasteiger partial charge is 0.437 e. The molecule has 0 spiro atoms. The highest BCUT2D eigenvalue weighted by Crippen LogP contribution is 2.30.